The Labute approximate surface area is 102 Å². The second-order valence-corrected chi connectivity index (χ2v) is 5.38. The average molecular weight is 237 g/mol. The van der Waals surface area contributed by atoms with Gasteiger partial charge in [-0.1, -0.05) is 24.3 Å². The summed E-state index contributed by atoms with van der Waals surface area (Å²) in [5, 5.41) is 0.764. The lowest BCUT2D eigenvalue weighted by atomic mass is 10.1. The molecule has 3 heteroatoms. The molecule has 0 bridgehead atoms. The van der Waals surface area contributed by atoms with Gasteiger partial charge in [0.25, 0.3) is 0 Å². The van der Waals surface area contributed by atoms with Gasteiger partial charge in [-0.3, -0.25) is 0 Å². The highest BCUT2D eigenvalue weighted by molar-refractivity contribution is 7.99. The first-order valence-electron chi connectivity index (χ1n) is 5.86. The van der Waals surface area contributed by atoms with Gasteiger partial charge in [0.15, 0.2) is 0 Å². The van der Waals surface area contributed by atoms with E-state index in [1.165, 1.54) is 24.0 Å². The number of ether oxygens (including phenoxy) is 1. The quantitative estimate of drug-likeness (QED) is 0.874. The summed E-state index contributed by atoms with van der Waals surface area (Å²) < 4.78 is 5.36. The number of benzene rings is 1. The summed E-state index contributed by atoms with van der Waals surface area (Å²) >= 11 is 2.04. The molecular weight excluding hydrogens is 218 g/mol. The van der Waals surface area contributed by atoms with Crippen molar-refractivity contribution in [2.24, 2.45) is 5.73 Å². The summed E-state index contributed by atoms with van der Waals surface area (Å²) in [6.07, 6.45) is 2.38. The summed E-state index contributed by atoms with van der Waals surface area (Å²) in [6.45, 7) is 2.50. The molecule has 0 aromatic heterocycles. The molecule has 16 heavy (non-hydrogen) atoms. The molecule has 88 valence electrons. The van der Waals surface area contributed by atoms with E-state index in [9.17, 15) is 0 Å². The summed E-state index contributed by atoms with van der Waals surface area (Å²) in [6, 6.07) is 8.47. The van der Waals surface area contributed by atoms with Crippen LogP contribution < -0.4 is 5.73 Å². The van der Waals surface area contributed by atoms with Gasteiger partial charge in [0.05, 0.1) is 0 Å². The molecule has 1 aliphatic rings. The van der Waals surface area contributed by atoms with Crippen LogP contribution in [0, 0.1) is 0 Å². The Morgan fingerprint density at radius 2 is 1.88 bits per heavy atom. The fraction of sp³-hybridized carbons (Fsp3) is 0.538. The zero-order chi connectivity index (χ0) is 11.2. The first kappa shape index (κ1) is 12.0. The predicted molar refractivity (Wildman–Crippen MR) is 69.5 cm³/mol. The van der Waals surface area contributed by atoms with E-state index in [1.807, 2.05) is 11.8 Å². The fourth-order valence-electron chi connectivity index (χ4n) is 1.95. The van der Waals surface area contributed by atoms with Crippen molar-refractivity contribution in [1.29, 1.82) is 0 Å². The van der Waals surface area contributed by atoms with E-state index >= 15 is 0 Å². The van der Waals surface area contributed by atoms with E-state index in [0.717, 1.165) is 24.2 Å². The molecule has 1 aromatic rings. The molecular formula is C13H19NOS. The van der Waals surface area contributed by atoms with E-state index in [-0.39, 0.29) is 0 Å². The lowest BCUT2D eigenvalue weighted by molar-refractivity contribution is 0.1000. The van der Waals surface area contributed by atoms with Gasteiger partial charge in [0, 0.05) is 30.8 Å². The van der Waals surface area contributed by atoms with Gasteiger partial charge < -0.3 is 10.5 Å². The molecule has 0 spiro atoms. The number of hydrogen-bond acceptors (Lipinski definition) is 3. The highest BCUT2D eigenvalue weighted by Gasteiger charge is 2.14. The van der Waals surface area contributed by atoms with E-state index in [1.54, 1.807) is 0 Å². The van der Waals surface area contributed by atoms with Gasteiger partial charge >= 0.3 is 0 Å². The van der Waals surface area contributed by atoms with Gasteiger partial charge in [0.2, 0.25) is 0 Å². The van der Waals surface area contributed by atoms with Crippen molar-refractivity contribution in [1.82, 2.24) is 0 Å². The van der Waals surface area contributed by atoms with Crippen LogP contribution in [-0.4, -0.2) is 18.5 Å². The van der Waals surface area contributed by atoms with Crippen molar-refractivity contribution < 1.29 is 4.74 Å². The van der Waals surface area contributed by atoms with Crippen LogP contribution in [0.3, 0.4) is 0 Å². The van der Waals surface area contributed by atoms with Crippen LogP contribution in [0.25, 0.3) is 0 Å². The molecule has 0 unspecified atom stereocenters. The first-order valence-corrected chi connectivity index (χ1v) is 6.91. The monoisotopic (exact) mass is 237 g/mol. The SMILES string of the molecule is NCc1ccccc1CSC1CCOCC1. The minimum absolute atomic E-state index is 0.643. The molecule has 1 saturated heterocycles. The Bertz CT molecular complexity index is 323. The van der Waals surface area contributed by atoms with Crippen LogP contribution in [0.4, 0.5) is 0 Å². The summed E-state index contributed by atoms with van der Waals surface area (Å²) in [5.41, 5.74) is 8.40. The van der Waals surface area contributed by atoms with Crippen LogP contribution in [-0.2, 0) is 17.0 Å². The lowest BCUT2D eigenvalue weighted by Crippen LogP contribution is -2.17. The van der Waals surface area contributed by atoms with Gasteiger partial charge in [-0.05, 0) is 24.0 Å². The molecule has 2 N–H and O–H groups in total. The van der Waals surface area contributed by atoms with Gasteiger partial charge in [-0.25, -0.2) is 0 Å². The topological polar surface area (TPSA) is 35.2 Å². The van der Waals surface area contributed by atoms with Crippen molar-refractivity contribution in [3.8, 4) is 0 Å². The number of thioether (sulfide) groups is 1. The molecule has 0 radical (unpaired) electrons. The van der Waals surface area contributed by atoms with Gasteiger partial charge in [0.1, 0.15) is 0 Å². The van der Waals surface area contributed by atoms with E-state index in [0.29, 0.717) is 6.54 Å². The molecule has 2 rings (SSSR count). The van der Waals surface area contributed by atoms with Gasteiger partial charge in [-0.15, -0.1) is 0 Å². The second kappa shape index (κ2) is 6.28. The summed E-state index contributed by atoms with van der Waals surface area (Å²) in [4.78, 5) is 0. The lowest BCUT2D eigenvalue weighted by Gasteiger charge is -2.21. The number of nitrogens with two attached hydrogens (primary N) is 1. The van der Waals surface area contributed by atoms with Crippen LogP contribution >= 0.6 is 11.8 Å². The smallest absolute Gasteiger partial charge is 0.0476 e. The van der Waals surface area contributed by atoms with Crippen LogP contribution in [0.2, 0.25) is 0 Å². The molecule has 1 fully saturated rings. The van der Waals surface area contributed by atoms with Crippen LogP contribution in [0.5, 0.6) is 0 Å². The molecule has 0 aliphatic carbocycles. The summed E-state index contributed by atoms with van der Waals surface area (Å²) in [7, 11) is 0. The fourth-order valence-corrected chi connectivity index (χ4v) is 3.17. The third kappa shape index (κ3) is 3.24. The molecule has 1 aromatic carbocycles. The Hall–Kier alpha value is -0.510. The van der Waals surface area contributed by atoms with E-state index in [4.69, 9.17) is 10.5 Å². The van der Waals surface area contributed by atoms with Crippen molar-refractivity contribution >= 4 is 11.8 Å². The highest BCUT2D eigenvalue weighted by atomic mass is 32.2. The molecule has 0 atom stereocenters. The zero-order valence-electron chi connectivity index (χ0n) is 9.52. The number of rotatable bonds is 4. The van der Waals surface area contributed by atoms with Crippen molar-refractivity contribution in [2.75, 3.05) is 13.2 Å². The van der Waals surface area contributed by atoms with E-state index in [2.05, 4.69) is 24.3 Å². The second-order valence-electron chi connectivity index (χ2n) is 4.10. The third-order valence-electron chi connectivity index (χ3n) is 2.98. The standard InChI is InChI=1S/C13H19NOS/c14-9-11-3-1-2-4-12(11)10-16-13-5-7-15-8-6-13/h1-4,13H,5-10,14H2. The van der Waals surface area contributed by atoms with Crippen LogP contribution in [0.15, 0.2) is 24.3 Å². The summed E-state index contributed by atoms with van der Waals surface area (Å²) in [5.74, 6) is 1.08. The van der Waals surface area contributed by atoms with Crippen LogP contribution in [0.1, 0.15) is 24.0 Å². The molecule has 0 saturated carbocycles. The van der Waals surface area contributed by atoms with Crippen molar-refractivity contribution in [2.45, 2.75) is 30.4 Å². The van der Waals surface area contributed by atoms with Crippen molar-refractivity contribution in [3.05, 3.63) is 35.4 Å². The average Bonchev–Trinajstić information content (AvgIpc) is 2.38. The number of hydrogen-bond donors (Lipinski definition) is 1. The maximum absolute atomic E-state index is 5.73. The maximum atomic E-state index is 5.73. The molecule has 0 amide bonds. The minimum Gasteiger partial charge on any atom is -0.381 e. The third-order valence-corrected chi connectivity index (χ3v) is 4.40. The minimum atomic E-state index is 0.643. The first-order chi connectivity index (χ1) is 7.90. The Balaban J connectivity index is 1.88. The Morgan fingerprint density at radius 1 is 1.19 bits per heavy atom. The maximum Gasteiger partial charge on any atom is 0.0476 e. The predicted octanol–water partition coefficient (Wildman–Crippen LogP) is 2.56. The Morgan fingerprint density at radius 3 is 2.56 bits per heavy atom. The highest BCUT2D eigenvalue weighted by Crippen LogP contribution is 2.26. The molecule has 2 nitrogen and oxygen atoms in total. The molecule has 1 heterocycles. The Kier molecular flexibility index (Phi) is 4.69. The largest absolute Gasteiger partial charge is 0.381 e. The van der Waals surface area contributed by atoms with Crippen molar-refractivity contribution in [3.63, 3.8) is 0 Å². The zero-order valence-corrected chi connectivity index (χ0v) is 10.3. The normalized spacial score (nSPS) is 17.6. The van der Waals surface area contributed by atoms with Gasteiger partial charge in [-0.2, -0.15) is 11.8 Å². The van der Waals surface area contributed by atoms with E-state index < -0.39 is 0 Å². The molecule has 1 aliphatic heterocycles.